The fraction of sp³-hybridized carbons (Fsp3) is 0.273. The number of aryl methyl sites for hydroxylation is 2. The largest absolute Gasteiger partial charge is 0.304 e. The average Bonchev–Trinajstić information content (AvgIpc) is 2.86. The van der Waals surface area contributed by atoms with Gasteiger partial charge in [0.1, 0.15) is 0 Å². The molecule has 1 N–H and O–H groups in total. The Kier molecular flexibility index (Phi) is 3.05. The number of anilines is 1. The van der Waals surface area contributed by atoms with Gasteiger partial charge >= 0.3 is 0 Å². The minimum Gasteiger partial charge on any atom is -0.304 e. The molecule has 4 nitrogen and oxygen atoms in total. The van der Waals surface area contributed by atoms with E-state index in [9.17, 15) is 4.79 Å². The smallest absolute Gasteiger partial charge is 0.267 e. The van der Waals surface area contributed by atoms with Crippen LogP contribution in [-0.2, 0) is 6.54 Å². The van der Waals surface area contributed by atoms with Gasteiger partial charge in [0.15, 0.2) is 5.82 Å². The number of amides is 1. The summed E-state index contributed by atoms with van der Waals surface area (Å²) in [5, 5.41) is 8.89. The van der Waals surface area contributed by atoms with Crippen molar-refractivity contribution >= 4 is 23.1 Å². The Morgan fingerprint density at radius 1 is 1.56 bits per heavy atom. The number of nitrogens with one attached hydrogen (secondary N) is 1. The Bertz CT molecular complexity index is 501. The molecule has 0 aliphatic rings. The van der Waals surface area contributed by atoms with E-state index in [1.807, 2.05) is 31.5 Å². The van der Waals surface area contributed by atoms with Crippen LogP contribution in [0.25, 0.3) is 0 Å². The van der Waals surface area contributed by atoms with Gasteiger partial charge in [-0.15, -0.1) is 11.3 Å². The van der Waals surface area contributed by atoms with Gasteiger partial charge < -0.3 is 5.32 Å². The standard InChI is InChI=1S/C11H13N3OS/c1-3-14-6-4-9(13-14)12-11(15)10-8(2)5-7-16-10/h4-7H,3H2,1-2H3,(H,12,13,15). The highest BCUT2D eigenvalue weighted by atomic mass is 32.1. The van der Waals surface area contributed by atoms with E-state index in [-0.39, 0.29) is 5.91 Å². The molecule has 1 amide bonds. The zero-order valence-corrected chi connectivity index (χ0v) is 10.0. The number of thiophene rings is 1. The van der Waals surface area contributed by atoms with Crippen molar-refractivity contribution in [1.29, 1.82) is 0 Å². The van der Waals surface area contributed by atoms with Gasteiger partial charge in [0.05, 0.1) is 4.88 Å². The third-order valence-electron chi connectivity index (χ3n) is 2.27. The summed E-state index contributed by atoms with van der Waals surface area (Å²) in [6, 6.07) is 3.73. The van der Waals surface area contributed by atoms with E-state index in [1.165, 1.54) is 11.3 Å². The maximum atomic E-state index is 11.8. The monoisotopic (exact) mass is 235 g/mol. The number of carbonyl (C=O) groups excluding carboxylic acids is 1. The lowest BCUT2D eigenvalue weighted by Gasteiger charge is -2.00. The van der Waals surface area contributed by atoms with Gasteiger partial charge in [0.25, 0.3) is 5.91 Å². The lowest BCUT2D eigenvalue weighted by Crippen LogP contribution is -2.12. The van der Waals surface area contributed by atoms with Gasteiger partial charge in [-0.25, -0.2) is 0 Å². The minimum absolute atomic E-state index is 0.0890. The van der Waals surface area contributed by atoms with E-state index >= 15 is 0 Å². The maximum absolute atomic E-state index is 11.8. The van der Waals surface area contributed by atoms with Crippen LogP contribution < -0.4 is 5.32 Å². The highest BCUT2D eigenvalue weighted by Crippen LogP contribution is 2.17. The lowest BCUT2D eigenvalue weighted by atomic mass is 10.3. The first-order chi connectivity index (χ1) is 7.70. The molecule has 84 valence electrons. The zero-order valence-electron chi connectivity index (χ0n) is 9.23. The molecule has 0 radical (unpaired) electrons. The predicted octanol–water partition coefficient (Wildman–Crippen LogP) is 2.53. The molecule has 5 heteroatoms. The number of hydrogen-bond donors (Lipinski definition) is 1. The molecule has 0 atom stereocenters. The van der Waals surface area contributed by atoms with Gasteiger partial charge in [-0.2, -0.15) is 5.10 Å². The van der Waals surface area contributed by atoms with Gasteiger partial charge in [-0.05, 0) is 30.9 Å². The molecule has 2 aromatic rings. The van der Waals surface area contributed by atoms with Gasteiger partial charge in [-0.3, -0.25) is 9.48 Å². The van der Waals surface area contributed by atoms with Crippen LogP contribution in [0.15, 0.2) is 23.7 Å². The van der Waals surface area contributed by atoms with E-state index in [2.05, 4.69) is 10.4 Å². The number of hydrogen-bond acceptors (Lipinski definition) is 3. The molecule has 0 saturated carbocycles. The van der Waals surface area contributed by atoms with E-state index in [0.717, 1.165) is 17.0 Å². The summed E-state index contributed by atoms with van der Waals surface area (Å²) in [7, 11) is 0. The van der Waals surface area contributed by atoms with Crippen molar-refractivity contribution in [3.05, 3.63) is 34.2 Å². The minimum atomic E-state index is -0.0890. The van der Waals surface area contributed by atoms with E-state index in [0.29, 0.717) is 5.82 Å². The number of carbonyl (C=O) groups is 1. The first-order valence-electron chi connectivity index (χ1n) is 5.09. The molecular formula is C11H13N3OS. The molecule has 0 fully saturated rings. The third-order valence-corrected chi connectivity index (χ3v) is 3.29. The van der Waals surface area contributed by atoms with Crippen LogP contribution in [0, 0.1) is 6.92 Å². The molecule has 0 aromatic carbocycles. The number of nitrogens with zero attached hydrogens (tertiary/aromatic N) is 2. The fourth-order valence-corrected chi connectivity index (χ4v) is 2.20. The first-order valence-corrected chi connectivity index (χ1v) is 5.97. The second kappa shape index (κ2) is 4.49. The first kappa shape index (κ1) is 10.9. The van der Waals surface area contributed by atoms with Crippen LogP contribution >= 0.6 is 11.3 Å². The van der Waals surface area contributed by atoms with Crippen LogP contribution in [0.4, 0.5) is 5.82 Å². The quantitative estimate of drug-likeness (QED) is 0.888. The molecule has 0 aliphatic heterocycles. The molecule has 0 spiro atoms. The second-order valence-electron chi connectivity index (χ2n) is 3.44. The second-order valence-corrected chi connectivity index (χ2v) is 4.36. The molecule has 0 unspecified atom stereocenters. The van der Waals surface area contributed by atoms with Crippen molar-refractivity contribution < 1.29 is 4.79 Å². The van der Waals surface area contributed by atoms with Crippen molar-refractivity contribution in [3.8, 4) is 0 Å². The summed E-state index contributed by atoms with van der Waals surface area (Å²) < 4.78 is 1.77. The Hall–Kier alpha value is -1.62. The Balaban J connectivity index is 2.11. The van der Waals surface area contributed by atoms with Gasteiger partial charge in [0, 0.05) is 18.8 Å². The summed E-state index contributed by atoms with van der Waals surface area (Å²) in [4.78, 5) is 12.6. The topological polar surface area (TPSA) is 46.9 Å². The van der Waals surface area contributed by atoms with E-state index < -0.39 is 0 Å². The molecular weight excluding hydrogens is 222 g/mol. The number of rotatable bonds is 3. The Morgan fingerprint density at radius 2 is 2.38 bits per heavy atom. The van der Waals surface area contributed by atoms with Crippen molar-refractivity contribution in [2.45, 2.75) is 20.4 Å². The van der Waals surface area contributed by atoms with Crippen LogP contribution in [0.1, 0.15) is 22.2 Å². The van der Waals surface area contributed by atoms with Crippen molar-refractivity contribution in [2.75, 3.05) is 5.32 Å². The van der Waals surface area contributed by atoms with Crippen molar-refractivity contribution in [3.63, 3.8) is 0 Å². The summed E-state index contributed by atoms with van der Waals surface area (Å²) in [6.07, 6.45) is 1.84. The van der Waals surface area contributed by atoms with E-state index in [1.54, 1.807) is 10.7 Å². The molecule has 2 aromatic heterocycles. The lowest BCUT2D eigenvalue weighted by molar-refractivity contribution is 0.102. The highest BCUT2D eigenvalue weighted by Gasteiger charge is 2.11. The van der Waals surface area contributed by atoms with Crippen LogP contribution in [0.3, 0.4) is 0 Å². The Labute approximate surface area is 97.9 Å². The molecule has 0 bridgehead atoms. The molecule has 0 aliphatic carbocycles. The summed E-state index contributed by atoms with van der Waals surface area (Å²) in [6.45, 7) is 4.73. The van der Waals surface area contributed by atoms with Crippen molar-refractivity contribution in [1.82, 2.24) is 9.78 Å². The summed E-state index contributed by atoms with van der Waals surface area (Å²) in [5.74, 6) is 0.508. The van der Waals surface area contributed by atoms with E-state index in [4.69, 9.17) is 0 Å². The van der Waals surface area contributed by atoms with Crippen LogP contribution in [-0.4, -0.2) is 15.7 Å². The SMILES string of the molecule is CCn1ccc(NC(=O)c2sccc2C)n1. The summed E-state index contributed by atoms with van der Waals surface area (Å²) in [5.41, 5.74) is 0.998. The van der Waals surface area contributed by atoms with Crippen LogP contribution in [0.2, 0.25) is 0 Å². The van der Waals surface area contributed by atoms with Crippen molar-refractivity contribution in [2.24, 2.45) is 0 Å². The fourth-order valence-electron chi connectivity index (χ4n) is 1.38. The number of aromatic nitrogens is 2. The van der Waals surface area contributed by atoms with Gasteiger partial charge in [-0.1, -0.05) is 0 Å². The molecule has 16 heavy (non-hydrogen) atoms. The molecule has 2 heterocycles. The molecule has 0 saturated heterocycles. The highest BCUT2D eigenvalue weighted by molar-refractivity contribution is 7.12. The third kappa shape index (κ3) is 2.14. The molecule has 2 rings (SSSR count). The van der Waals surface area contributed by atoms with Crippen LogP contribution in [0.5, 0.6) is 0 Å². The maximum Gasteiger partial charge on any atom is 0.267 e. The normalized spacial score (nSPS) is 10.4. The zero-order chi connectivity index (χ0) is 11.5. The summed E-state index contributed by atoms with van der Waals surface area (Å²) >= 11 is 1.44. The Morgan fingerprint density at radius 3 is 2.94 bits per heavy atom. The predicted molar refractivity (Wildman–Crippen MR) is 64.9 cm³/mol. The average molecular weight is 235 g/mol. The van der Waals surface area contributed by atoms with Gasteiger partial charge in [0.2, 0.25) is 0 Å².